The van der Waals surface area contributed by atoms with Crippen LogP contribution in [0.5, 0.6) is 23.0 Å². The molecule has 0 aliphatic rings. The molecule has 1 amide bonds. The first-order chi connectivity index (χ1) is 19.8. The quantitative estimate of drug-likeness (QED) is 0.189. The van der Waals surface area contributed by atoms with E-state index in [9.17, 15) is 9.59 Å². The Kier molecular flexibility index (Phi) is 7.97. The van der Waals surface area contributed by atoms with Crippen molar-refractivity contribution in [3.05, 3.63) is 149 Å². The molecule has 0 heterocycles. The van der Waals surface area contributed by atoms with Crippen molar-refractivity contribution in [1.82, 2.24) is 0 Å². The van der Waals surface area contributed by atoms with Crippen molar-refractivity contribution in [3.63, 3.8) is 0 Å². The highest BCUT2D eigenvalue weighted by Gasteiger charge is 2.23. The third-order valence-corrected chi connectivity index (χ3v) is 7.09. The summed E-state index contributed by atoms with van der Waals surface area (Å²) in [5.74, 6) is 2.63. The van der Waals surface area contributed by atoms with E-state index >= 15 is 0 Å². The lowest BCUT2D eigenvalue weighted by atomic mass is 9.78. The van der Waals surface area contributed by atoms with Crippen molar-refractivity contribution < 1.29 is 19.1 Å². The van der Waals surface area contributed by atoms with Gasteiger partial charge in [0.25, 0.3) is 5.91 Å². The van der Waals surface area contributed by atoms with Crippen LogP contribution in [0.15, 0.2) is 121 Å². The van der Waals surface area contributed by atoms with Crippen LogP contribution in [0.1, 0.15) is 51.3 Å². The average molecular weight is 542 g/mol. The summed E-state index contributed by atoms with van der Waals surface area (Å²) < 4.78 is 12.0. The molecule has 204 valence electrons. The van der Waals surface area contributed by atoms with Crippen molar-refractivity contribution >= 4 is 17.9 Å². The molecule has 0 unspecified atom stereocenters. The number of anilines is 1. The molecule has 0 bridgehead atoms. The highest BCUT2D eigenvalue weighted by atomic mass is 16.5. The third kappa shape index (κ3) is 6.53. The molecular formula is C36H31NO4. The molecule has 5 aromatic rings. The number of amides is 1. The fourth-order valence-electron chi connectivity index (χ4n) is 4.54. The smallest absolute Gasteiger partial charge is 0.256 e. The molecule has 1 N–H and O–H groups in total. The first-order valence-electron chi connectivity index (χ1n) is 13.4. The molecule has 5 heteroatoms. The van der Waals surface area contributed by atoms with Crippen LogP contribution in [0, 0.1) is 6.92 Å². The molecule has 0 atom stereocenters. The van der Waals surface area contributed by atoms with Gasteiger partial charge in [0.15, 0.2) is 6.29 Å². The Labute approximate surface area is 240 Å². The Balaban J connectivity index is 1.21. The van der Waals surface area contributed by atoms with Gasteiger partial charge in [0.1, 0.15) is 23.0 Å². The molecule has 0 saturated carbocycles. The highest BCUT2D eigenvalue weighted by molar-refractivity contribution is 6.08. The van der Waals surface area contributed by atoms with Crippen LogP contribution in [-0.4, -0.2) is 12.2 Å². The molecule has 0 aliphatic heterocycles. The van der Waals surface area contributed by atoms with E-state index in [2.05, 4.69) is 50.4 Å². The lowest BCUT2D eigenvalue weighted by molar-refractivity contribution is 0.101. The summed E-state index contributed by atoms with van der Waals surface area (Å²) >= 11 is 0. The van der Waals surface area contributed by atoms with E-state index in [1.807, 2.05) is 48.5 Å². The van der Waals surface area contributed by atoms with Crippen molar-refractivity contribution in [2.45, 2.75) is 26.2 Å². The molecule has 5 rings (SSSR count). The Bertz CT molecular complexity index is 1640. The van der Waals surface area contributed by atoms with Crippen molar-refractivity contribution in [2.75, 3.05) is 5.32 Å². The Hall–Kier alpha value is -5.16. The van der Waals surface area contributed by atoms with Gasteiger partial charge < -0.3 is 14.8 Å². The number of carbonyl (C=O) groups excluding carboxylic acids is 2. The zero-order chi connectivity index (χ0) is 28.8. The molecule has 5 aromatic carbocycles. The maximum absolute atomic E-state index is 12.6. The van der Waals surface area contributed by atoms with Crippen LogP contribution in [0.2, 0.25) is 0 Å². The van der Waals surface area contributed by atoms with Gasteiger partial charge in [0.05, 0.1) is 5.56 Å². The number of ether oxygens (including phenoxy) is 2. The summed E-state index contributed by atoms with van der Waals surface area (Å²) in [6.45, 7) is 6.44. The maximum atomic E-state index is 12.6. The highest BCUT2D eigenvalue weighted by Crippen LogP contribution is 2.35. The monoisotopic (exact) mass is 541 g/mol. The molecular weight excluding hydrogens is 510 g/mol. The van der Waals surface area contributed by atoms with E-state index < -0.39 is 0 Å². The summed E-state index contributed by atoms with van der Waals surface area (Å²) in [5.41, 5.74) is 4.60. The van der Waals surface area contributed by atoms with Crippen LogP contribution >= 0.6 is 0 Å². The lowest BCUT2D eigenvalue weighted by Gasteiger charge is -2.26. The zero-order valence-electron chi connectivity index (χ0n) is 23.3. The standard InChI is InChI=1S/C36H31NO4/c1-25-8-16-30(17-9-25)40-31-18-10-27(11-19-31)36(2,3)28-12-20-32(21-13-28)41-33-22-14-29(15-23-33)37-35(39)34-7-5-4-6-26(34)24-38/h4-24H,1-3H3,(H,37,39). The van der Waals surface area contributed by atoms with Gasteiger partial charge in [-0.1, -0.05) is 74.0 Å². The van der Waals surface area contributed by atoms with Gasteiger partial charge in [0.2, 0.25) is 0 Å². The van der Waals surface area contributed by atoms with Gasteiger partial charge in [-0.3, -0.25) is 9.59 Å². The normalized spacial score (nSPS) is 11.0. The van der Waals surface area contributed by atoms with E-state index in [4.69, 9.17) is 9.47 Å². The van der Waals surface area contributed by atoms with Gasteiger partial charge >= 0.3 is 0 Å². The molecule has 0 aliphatic carbocycles. The SMILES string of the molecule is Cc1ccc(Oc2ccc(C(C)(C)c3ccc(Oc4ccc(NC(=O)c5ccccc5C=O)cc4)cc3)cc2)cc1. The summed E-state index contributed by atoms with van der Waals surface area (Å²) in [5, 5.41) is 2.82. The van der Waals surface area contributed by atoms with Crippen LogP contribution in [-0.2, 0) is 5.41 Å². The summed E-state index contributed by atoms with van der Waals surface area (Å²) in [4.78, 5) is 23.8. The minimum Gasteiger partial charge on any atom is -0.457 e. The molecule has 0 saturated heterocycles. The number of nitrogens with one attached hydrogen (secondary N) is 1. The number of carbonyl (C=O) groups is 2. The van der Waals surface area contributed by atoms with Gasteiger partial charge in [-0.2, -0.15) is 0 Å². The van der Waals surface area contributed by atoms with Crippen LogP contribution in [0.25, 0.3) is 0 Å². The number of hydrogen-bond acceptors (Lipinski definition) is 4. The topological polar surface area (TPSA) is 64.6 Å². The van der Waals surface area contributed by atoms with Crippen molar-refractivity contribution in [1.29, 1.82) is 0 Å². The second-order valence-corrected chi connectivity index (χ2v) is 10.4. The number of hydrogen-bond donors (Lipinski definition) is 1. The molecule has 5 nitrogen and oxygen atoms in total. The molecule has 0 radical (unpaired) electrons. The van der Waals surface area contributed by atoms with Gasteiger partial charge in [0, 0.05) is 16.7 Å². The Morgan fingerprint density at radius 2 is 1.07 bits per heavy atom. The average Bonchev–Trinajstić information content (AvgIpc) is 3.00. The second-order valence-electron chi connectivity index (χ2n) is 10.4. The first-order valence-corrected chi connectivity index (χ1v) is 13.4. The molecule has 0 aromatic heterocycles. The van der Waals surface area contributed by atoms with Gasteiger partial charge in [-0.05, 0) is 84.8 Å². The third-order valence-electron chi connectivity index (χ3n) is 7.09. The van der Waals surface area contributed by atoms with Crippen molar-refractivity contribution in [3.8, 4) is 23.0 Å². The van der Waals surface area contributed by atoms with Crippen molar-refractivity contribution in [2.24, 2.45) is 0 Å². The summed E-state index contributed by atoms with van der Waals surface area (Å²) in [6.07, 6.45) is 0.677. The summed E-state index contributed by atoms with van der Waals surface area (Å²) in [6, 6.07) is 38.1. The second kappa shape index (κ2) is 11.9. The predicted octanol–water partition coefficient (Wildman–Crippen LogP) is 8.97. The van der Waals surface area contributed by atoms with Crippen LogP contribution < -0.4 is 14.8 Å². The first kappa shape index (κ1) is 27.4. The molecule has 41 heavy (non-hydrogen) atoms. The van der Waals surface area contributed by atoms with E-state index in [1.54, 1.807) is 48.5 Å². The predicted molar refractivity (Wildman–Crippen MR) is 163 cm³/mol. The fourth-order valence-corrected chi connectivity index (χ4v) is 4.54. The Morgan fingerprint density at radius 3 is 1.56 bits per heavy atom. The van der Waals surface area contributed by atoms with E-state index in [-0.39, 0.29) is 11.3 Å². The van der Waals surface area contributed by atoms with E-state index in [1.165, 1.54) is 11.1 Å². The van der Waals surface area contributed by atoms with Crippen LogP contribution in [0.4, 0.5) is 5.69 Å². The number of aryl methyl sites for hydroxylation is 1. The minimum atomic E-state index is -0.340. The molecule has 0 spiro atoms. The maximum Gasteiger partial charge on any atom is 0.256 e. The number of aldehydes is 1. The van der Waals surface area contributed by atoms with Crippen LogP contribution in [0.3, 0.4) is 0 Å². The van der Waals surface area contributed by atoms with E-state index in [0.717, 1.165) is 17.1 Å². The zero-order valence-corrected chi connectivity index (χ0v) is 23.3. The van der Waals surface area contributed by atoms with E-state index in [0.29, 0.717) is 34.6 Å². The van der Waals surface area contributed by atoms with Gasteiger partial charge in [-0.15, -0.1) is 0 Å². The lowest BCUT2D eigenvalue weighted by Crippen LogP contribution is -2.18. The minimum absolute atomic E-state index is 0.219. The number of benzene rings is 5. The largest absolute Gasteiger partial charge is 0.457 e. The number of rotatable bonds is 9. The fraction of sp³-hybridized carbons (Fsp3) is 0.111. The Morgan fingerprint density at radius 1 is 0.634 bits per heavy atom. The summed E-state index contributed by atoms with van der Waals surface area (Å²) in [7, 11) is 0. The van der Waals surface area contributed by atoms with Gasteiger partial charge in [-0.25, -0.2) is 0 Å². The molecule has 0 fully saturated rings.